The van der Waals surface area contributed by atoms with E-state index in [1.54, 1.807) is 6.07 Å². The van der Waals surface area contributed by atoms with Crippen molar-refractivity contribution in [3.05, 3.63) is 65.2 Å². The molecule has 0 fully saturated rings. The molecule has 2 heterocycles. The number of amides is 1. The molecule has 0 radical (unpaired) electrons. The van der Waals surface area contributed by atoms with Gasteiger partial charge >= 0.3 is 0 Å². The van der Waals surface area contributed by atoms with Gasteiger partial charge in [-0.05, 0) is 18.2 Å². The Morgan fingerprint density at radius 1 is 1.26 bits per heavy atom. The zero-order valence-corrected chi connectivity index (χ0v) is 14.1. The van der Waals surface area contributed by atoms with Crippen LogP contribution in [0.1, 0.15) is 6.42 Å². The minimum absolute atomic E-state index is 0.00617. The van der Waals surface area contributed by atoms with E-state index in [-0.39, 0.29) is 18.7 Å². The van der Waals surface area contributed by atoms with E-state index in [9.17, 15) is 14.0 Å². The Balaban J connectivity index is 1.90. The number of halogens is 1. The van der Waals surface area contributed by atoms with Gasteiger partial charge in [0.1, 0.15) is 25.0 Å². The molecule has 0 unspecified atom stereocenters. The summed E-state index contributed by atoms with van der Waals surface area (Å²) in [6, 6.07) is 10.4. The molecule has 3 aromatic rings. The molecule has 0 saturated heterocycles. The minimum atomic E-state index is -0.597. The van der Waals surface area contributed by atoms with Crippen LogP contribution in [0.2, 0.25) is 0 Å². The van der Waals surface area contributed by atoms with Crippen LogP contribution in [0.3, 0.4) is 0 Å². The van der Waals surface area contributed by atoms with Crippen molar-refractivity contribution in [1.82, 2.24) is 24.5 Å². The molecule has 3 rings (SSSR count). The van der Waals surface area contributed by atoms with Crippen LogP contribution in [0.25, 0.3) is 5.82 Å². The average molecular weight is 367 g/mol. The fraction of sp³-hybridized carbons (Fsp3) is 0.176. The van der Waals surface area contributed by atoms with Gasteiger partial charge in [0.25, 0.3) is 5.56 Å². The van der Waals surface area contributed by atoms with Crippen LogP contribution >= 0.6 is 0 Å². The SMILES string of the molecule is N#CCCN(C(=O)Cn1nc(-n2cncn2)ccc1=O)c1ccccc1F. The Labute approximate surface area is 152 Å². The van der Waals surface area contributed by atoms with Gasteiger partial charge < -0.3 is 4.90 Å². The summed E-state index contributed by atoms with van der Waals surface area (Å²) in [5.74, 6) is -0.865. The Bertz CT molecular complexity index is 1040. The Morgan fingerprint density at radius 2 is 2.07 bits per heavy atom. The molecule has 1 amide bonds. The molecule has 1 aromatic carbocycles. The molecule has 0 atom stereocenters. The second-order valence-electron chi connectivity index (χ2n) is 5.43. The number of para-hydroxylation sites is 1. The zero-order chi connectivity index (χ0) is 19.2. The summed E-state index contributed by atoms with van der Waals surface area (Å²) < 4.78 is 16.4. The summed E-state index contributed by atoms with van der Waals surface area (Å²) in [6.45, 7) is -0.422. The van der Waals surface area contributed by atoms with Gasteiger partial charge in [0.15, 0.2) is 5.82 Å². The summed E-state index contributed by atoms with van der Waals surface area (Å²) in [5, 5.41) is 16.8. The number of aromatic nitrogens is 5. The monoisotopic (exact) mass is 367 g/mol. The van der Waals surface area contributed by atoms with Crippen LogP contribution < -0.4 is 10.5 Å². The highest BCUT2D eigenvalue weighted by Crippen LogP contribution is 2.19. The lowest BCUT2D eigenvalue weighted by molar-refractivity contribution is -0.119. The molecule has 0 spiro atoms. The number of benzene rings is 1. The standard InChI is InChI=1S/C17H14FN7O2/c18-13-4-1-2-5-14(13)23(9-3-8-19)17(27)10-24-16(26)7-6-15(22-24)25-12-20-11-21-25/h1-2,4-7,11-12H,3,9-10H2. The predicted octanol–water partition coefficient (Wildman–Crippen LogP) is 0.910. The van der Waals surface area contributed by atoms with Gasteiger partial charge in [0.2, 0.25) is 5.91 Å². The number of hydrogen-bond acceptors (Lipinski definition) is 6. The first-order chi connectivity index (χ1) is 13.1. The zero-order valence-electron chi connectivity index (χ0n) is 14.1. The van der Waals surface area contributed by atoms with E-state index in [1.807, 2.05) is 6.07 Å². The van der Waals surface area contributed by atoms with Crippen molar-refractivity contribution in [2.75, 3.05) is 11.4 Å². The number of anilines is 1. The topological polar surface area (TPSA) is 110 Å². The van der Waals surface area contributed by atoms with Crippen molar-refractivity contribution in [3.8, 4) is 11.9 Å². The minimum Gasteiger partial charge on any atom is -0.307 e. The Hall–Kier alpha value is -3.87. The summed E-state index contributed by atoms with van der Waals surface area (Å²) in [6.07, 6.45) is 2.73. The molecular formula is C17H14FN7O2. The number of rotatable bonds is 6. The van der Waals surface area contributed by atoms with Crippen LogP contribution in [-0.2, 0) is 11.3 Å². The number of carbonyl (C=O) groups excluding carboxylic acids is 1. The van der Waals surface area contributed by atoms with E-state index in [2.05, 4.69) is 15.2 Å². The molecule has 0 N–H and O–H groups in total. The van der Waals surface area contributed by atoms with Gasteiger partial charge in [0, 0.05) is 12.6 Å². The van der Waals surface area contributed by atoms with Crippen molar-refractivity contribution in [2.24, 2.45) is 0 Å². The molecule has 9 nitrogen and oxygen atoms in total. The first kappa shape index (κ1) is 17.9. The maximum Gasteiger partial charge on any atom is 0.267 e. The molecule has 136 valence electrons. The lowest BCUT2D eigenvalue weighted by atomic mass is 10.2. The highest BCUT2D eigenvalue weighted by molar-refractivity contribution is 5.93. The maximum absolute atomic E-state index is 14.1. The van der Waals surface area contributed by atoms with Crippen molar-refractivity contribution in [3.63, 3.8) is 0 Å². The number of hydrogen-bond donors (Lipinski definition) is 0. The fourth-order valence-electron chi connectivity index (χ4n) is 2.43. The lowest BCUT2D eigenvalue weighted by Gasteiger charge is -2.22. The molecule has 0 aliphatic carbocycles. The third kappa shape index (κ3) is 4.04. The number of nitriles is 1. The summed E-state index contributed by atoms with van der Waals surface area (Å²) in [5.41, 5.74) is -0.459. The van der Waals surface area contributed by atoms with Gasteiger partial charge in [0.05, 0.1) is 18.2 Å². The second-order valence-corrected chi connectivity index (χ2v) is 5.43. The molecule has 2 aromatic heterocycles. The molecule has 27 heavy (non-hydrogen) atoms. The second kappa shape index (κ2) is 8.01. The Morgan fingerprint density at radius 3 is 2.78 bits per heavy atom. The largest absolute Gasteiger partial charge is 0.307 e. The maximum atomic E-state index is 14.1. The number of carbonyl (C=O) groups is 1. The molecule has 0 bridgehead atoms. The van der Waals surface area contributed by atoms with Gasteiger partial charge in [-0.2, -0.15) is 10.4 Å². The number of nitrogens with zero attached hydrogens (tertiary/aromatic N) is 7. The molecule has 0 saturated carbocycles. The fourth-order valence-corrected chi connectivity index (χ4v) is 2.43. The van der Waals surface area contributed by atoms with E-state index in [0.29, 0.717) is 5.82 Å². The van der Waals surface area contributed by atoms with E-state index < -0.39 is 23.8 Å². The van der Waals surface area contributed by atoms with E-state index in [1.165, 1.54) is 47.7 Å². The van der Waals surface area contributed by atoms with Crippen molar-refractivity contribution in [1.29, 1.82) is 5.26 Å². The van der Waals surface area contributed by atoms with Crippen LogP contribution in [-0.4, -0.2) is 37.0 Å². The summed E-state index contributed by atoms with van der Waals surface area (Å²) >= 11 is 0. The normalized spacial score (nSPS) is 10.4. The quantitative estimate of drug-likeness (QED) is 0.640. The molecular weight excluding hydrogens is 353 g/mol. The van der Waals surface area contributed by atoms with E-state index >= 15 is 0 Å². The molecule has 10 heteroatoms. The van der Waals surface area contributed by atoms with Crippen molar-refractivity contribution < 1.29 is 9.18 Å². The van der Waals surface area contributed by atoms with Crippen LogP contribution in [0.5, 0.6) is 0 Å². The Kier molecular flexibility index (Phi) is 5.32. The first-order valence-corrected chi connectivity index (χ1v) is 7.95. The lowest BCUT2D eigenvalue weighted by Crippen LogP contribution is -2.38. The third-order valence-electron chi connectivity index (χ3n) is 3.68. The van der Waals surface area contributed by atoms with Gasteiger partial charge in [-0.15, -0.1) is 5.10 Å². The highest BCUT2D eigenvalue weighted by atomic mass is 19.1. The molecule has 0 aliphatic rings. The van der Waals surface area contributed by atoms with E-state index in [4.69, 9.17) is 5.26 Å². The van der Waals surface area contributed by atoms with Crippen LogP contribution in [0.4, 0.5) is 10.1 Å². The van der Waals surface area contributed by atoms with Crippen LogP contribution in [0, 0.1) is 17.1 Å². The summed E-state index contributed by atoms with van der Waals surface area (Å²) in [7, 11) is 0. The van der Waals surface area contributed by atoms with Crippen molar-refractivity contribution in [2.45, 2.75) is 13.0 Å². The average Bonchev–Trinajstić information content (AvgIpc) is 3.20. The molecule has 0 aliphatic heterocycles. The van der Waals surface area contributed by atoms with Gasteiger partial charge in [-0.3, -0.25) is 9.59 Å². The third-order valence-corrected chi connectivity index (χ3v) is 3.68. The smallest absolute Gasteiger partial charge is 0.267 e. The highest BCUT2D eigenvalue weighted by Gasteiger charge is 2.20. The van der Waals surface area contributed by atoms with Crippen molar-refractivity contribution >= 4 is 11.6 Å². The van der Waals surface area contributed by atoms with Gasteiger partial charge in [-0.1, -0.05) is 12.1 Å². The van der Waals surface area contributed by atoms with Gasteiger partial charge in [-0.25, -0.2) is 18.7 Å². The van der Waals surface area contributed by atoms with Crippen LogP contribution in [0.15, 0.2) is 53.8 Å². The predicted molar refractivity (Wildman–Crippen MR) is 92.4 cm³/mol. The van der Waals surface area contributed by atoms with E-state index in [0.717, 1.165) is 9.58 Å². The first-order valence-electron chi connectivity index (χ1n) is 7.95. The summed E-state index contributed by atoms with van der Waals surface area (Å²) in [4.78, 5) is 29.7.